The molecule has 0 saturated carbocycles. The molecule has 17 heavy (non-hydrogen) atoms. The Balaban J connectivity index is 2.53. The lowest BCUT2D eigenvalue weighted by molar-refractivity contribution is 0.577. The Hall–Kier alpha value is -1.06. The molecule has 0 atom stereocenters. The minimum atomic E-state index is 0.397. The van der Waals surface area contributed by atoms with Gasteiger partial charge in [0.2, 0.25) is 0 Å². The van der Waals surface area contributed by atoms with Crippen LogP contribution in [0.4, 0.5) is 0 Å². The van der Waals surface area contributed by atoms with Crippen LogP contribution in [0.5, 0.6) is 0 Å². The van der Waals surface area contributed by atoms with Crippen molar-refractivity contribution >= 4 is 22.6 Å². The highest BCUT2D eigenvalue weighted by atomic mass is 35.5. The second-order valence-electron chi connectivity index (χ2n) is 4.52. The van der Waals surface area contributed by atoms with E-state index in [0.29, 0.717) is 12.6 Å². The lowest BCUT2D eigenvalue weighted by Crippen LogP contribution is -2.08. The predicted molar refractivity (Wildman–Crippen MR) is 72.5 cm³/mol. The fourth-order valence-electron chi connectivity index (χ4n) is 2.13. The van der Waals surface area contributed by atoms with Gasteiger partial charge in [0.25, 0.3) is 0 Å². The van der Waals surface area contributed by atoms with Crippen LogP contribution in [-0.2, 0) is 6.42 Å². The van der Waals surface area contributed by atoms with Crippen molar-refractivity contribution in [2.45, 2.75) is 32.7 Å². The largest absolute Gasteiger partial charge is 0.330 e. The van der Waals surface area contributed by atoms with Gasteiger partial charge in [-0.15, -0.1) is 0 Å². The molecule has 0 spiro atoms. The average Bonchev–Trinajstić information content (AvgIpc) is 2.63. The maximum absolute atomic E-state index is 5.99. The highest BCUT2D eigenvalue weighted by molar-refractivity contribution is 6.31. The van der Waals surface area contributed by atoms with E-state index < -0.39 is 0 Å². The number of nitrogens with zero attached hydrogens (tertiary/aromatic N) is 2. The molecule has 0 unspecified atom stereocenters. The second kappa shape index (κ2) is 5.07. The molecule has 1 aromatic carbocycles. The third kappa shape index (κ3) is 2.45. The smallest absolute Gasteiger partial charge is 0.110 e. The number of imidazole rings is 1. The van der Waals surface area contributed by atoms with Crippen LogP contribution in [-0.4, -0.2) is 16.1 Å². The number of aromatic nitrogens is 2. The third-order valence-electron chi connectivity index (χ3n) is 2.85. The summed E-state index contributed by atoms with van der Waals surface area (Å²) in [5.74, 6) is 1.10. The molecule has 0 amide bonds. The van der Waals surface area contributed by atoms with E-state index >= 15 is 0 Å². The van der Waals surface area contributed by atoms with Gasteiger partial charge in [0.1, 0.15) is 5.82 Å². The van der Waals surface area contributed by atoms with Gasteiger partial charge in [0, 0.05) is 17.5 Å². The van der Waals surface area contributed by atoms with Gasteiger partial charge in [-0.05, 0) is 45.0 Å². The van der Waals surface area contributed by atoms with Crippen LogP contribution in [0.3, 0.4) is 0 Å². The van der Waals surface area contributed by atoms with Gasteiger partial charge < -0.3 is 10.3 Å². The van der Waals surface area contributed by atoms with E-state index in [1.165, 1.54) is 0 Å². The first-order valence-corrected chi connectivity index (χ1v) is 6.37. The van der Waals surface area contributed by atoms with E-state index in [-0.39, 0.29) is 0 Å². The van der Waals surface area contributed by atoms with Crippen molar-refractivity contribution in [2.75, 3.05) is 6.54 Å². The van der Waals surface area contributed by atoms with Crippen LogP contribution in [0.15, 0.2) is 18.2 Å². The molecule has 4 heteroatoms. The van der Waals surface area contributed by atoms with E-state index in [1.54, 1.807) is 0 Å². The van der Waals surface area contributed by atoms with Gasteiger partial charge in [0.05, 0.1) is 11.0 Å². The number of hydrogen-bond acceptors (Lipinski definition) is 2. The van der Waals surface area contributed by atoms with Crippen molar-refractivity contribution in [1.82, 2.24) is 9.55 Å². The van der Waals surface area contributed by atoms with Gasteiger partial charge in [-0.3, -0.25) is 0 Å². The molecule has 3 nitrogen and oxygen atoms in total. The molecule has 0 aliphatic carbocycles. The highest BCUT2D eigenvalue weighted by Gasteiger charge is 2.12. The zero-order valence-electron chi connectivity index (χ0n) is 10.3. The van der Waals surface area contributed by atoms with Crippen molar-refractivity contribution in [1.29, 1.82) is 0 Å². The standard InChI is InChI=1S/C13H18ClN3/c1-9(2)17-12-6-5-10(14)8-11(12)16-13(17)4-3-7-15/h5-6,8-9H,3-4,7,15H2,1-2H3. The van der Waals surface area contributed by atoms with E-state index in [1.807, 2.05) is 18.2 Å². The van der Waals surface area contributed by atoms with Crippen molar-refractivity contribution in [2.24, 2.45) is 5.73 Å². The summed E-state index contributed by atoms with van der Waals surface area (Å²) in [6.07, 6.45) is 1.88. The molecule has 1 aromatic heterocycles. The van der Waals surface area contributed by atoms with Crippen LogP contribution in [0.2, 0.25) is 5.02 Å². The minimum Gasteiger partial charge on any atom is -0.330 e. The van der Waals surface area contributed by atoms with Crippen LogP contribution in [0.25, 0.3) is 11.0 Å². The molecule has 0 saturated heterocycles. The normalized spacial score (nSPS) is 11.6. The molecule has 2 rings (SSSR count). The molecule has 2 aromatic rings. The first-order valence-electron chi connectivity index (χ1n) is 6.00. The van der Waals surface area contributed by atoms with Crippen molar-refractivity contribution < 1.29 is 0 Å². The van der Waals surface area contributed by atoms with Crippen molar-refractivity contribution in [3.05, 3.63) is 29.0 Å². The fourth-order valence-corrected chi connectivity index (χ4v) is 2.30. The van der Waals surface area contributed by atoms with Crippen LogP contribution in [0, 0.1) is 0 Å². The molecule has 0 bridgehead atoms. The Labute approximate surface area is 107 Å². The molecular formula is C13H18ClN3. The van der Waals surface area contributed by atoms with E-state index in [0.717, 1.165) is 34.7 Å². The van der Waals surface area contributed by atoms with Gasteiger partial charge in [-0.25, -0.2) is 4.98 Å². The van der Waals surface area contributed by atoms with E-state index in [2.05, 4.69) is 23.4 Å². The molecule has 92 valence electrons. The number of aryl methyl sites for hydroxylation is 1. The summed E-state index contributed by atoms with van der Waals surface area (Å²) in [7, 11) is 0. The lowest BCUT2D eigenvalue weighted by atomic mass is 10.2. The Morgan fingerprint density at radius 2 is 2.18 bits per heavy atom. The lowest BCUT2D eigenvalue weighted by Gasteiger charge is -2.12. The number of hydrogen-bond donors (Lipinski definition) is 1. The first kappa shape index (κ1) is 12.4. The summed E-state index contributed by atoms with van der Waals surface area (Å²) >= 11 is 5.99. The van der Waals surface area contributed by atoms with Crippen LogP contribution < -0.4 is 5.73 Å². The Morgan fingerprint density at radius 1 is 1.41 bits per heavy atom. The zero-order valence-corrected chi connectivity index (χ0v) is 11.0. The van der Waals surface area contributed by atoms with Crippen LogP contribution in [0.1, 0.15) is 32.1 Å². The second-order valence-corrected chi connectivity index (χ2v) is 4.95. The Bertz CT molecular complexity index is 517. The molecule has 0 radical (unpaired) electrons. The minimum absolute atomic E-state index is 0.397. The Kier molecular flexibility index (Phi) is 3.69. The average molecular weight is 252 g/mol. The number of nitrogens with two attached hydrogens (primary N) is 1. The molecular weight excluding hydrogens is 234 g/mol. The maximum atomic E-state index is 5.99. The van der Waals surface area contributed by atoms with E-state index in [4.69, 9.17) is 17.3 Å². The SMILES string of the molecule is CC(C)n1c(CCCN)nc2cc(Cl)ccc21. The van der Waals surface area contributed by atoms with Crippen molar-refractivity contribution in [3.8, 4) is 0 Å². The van der Waals surface area contributed by atoms with Gasteiger partial charge in [0.15, 0.2) is 0 Å². The molecule has 2 N–H and O–H groups in total. The summed E-state index contributed by atoms with van der Waals surface area (Å²) in [5.41, 5.74) is 7.68. The number of fused-ring (bicyclic) bond motifs is 1. The highest BCUT2D eigenvalue weighted by Crippen LogP contribution is 2.24. The zero-order chi connectivity index (χ0) is 12.4. The maximum Gasteiger partial charge on any atom is 0.110 e. The summed E-state index contributed by atoms with van der Waals surface area (Å²) in [6.45, 7) is 5.03. The van der Waals surface area contributed by atoms with Gasteiger partial charge in [-0.1, -0.05) is 11.6 Å². The number of halogens is 1. The molecule has 0 aliphatic rings. The Morgan fingerprint density at radius 3 is 2.82 bits per heavy atom. The third-order valence-corrected chi connectivity index (χ3v) is 3.08. The van der Waals surface area contributed by atoms with Gasteiger partial charge >= 0.3 is 0 Å². The predicted octanol–water partition coefficient (Wildman–Crippen LogP) is 3.16. The van der Waals surface area contributed by atoms with Crippen LogP contribution >= 0.6 is 11.6 Å². The summed E-state index contributed by atoms with van der Waals surface area (Å²) in [6, 6.07) is 6.27. The summed E-state index contributed by atoms with van der Waals surface area (Å²) < 4.78 is 2.27. The first-order chi connectivity index (χ1) is 8.13. The summed E-state index contributed by atoms with van der Waals surface area (Å²) in [4.78, 5) is 4.66. The van der Waals surface area contributed by atoms with Crippen molar-refractivity contribution in [3.63, 3.8) is 0 Å². The molecule has 0 aliphatic heterocycles. The number of benzene rings is 1. The number of rotatable bonds is 4. The van der Waals surface area contributed by atoms with Gasteiger partial charge in [-0.2, -0.15) is 0 Å². The fraction of sp³-hybridized carbons (Fsp3) is 0.462. The quantitative estimate of drug-likeness (QED) is 0.907. The van der Waals surface area contributed by atoms with E-state index in [9.17, 15) is 0 Å². The summed E-state index contributed by atoms with van der Waals surface area (Å²) in [5, 5.41) is 0.733. The topological polar surface area (TPSA) is 43.8 Å². The molecule has 0 fully saturated rings. The monoisotopic (exact) mass is 251 g/mol. The molecule has 1 heterocycles.